The zero-order valence-electron chi connectivity index (χ0n) is 20.5. The van der Waals surface area contributed by atoms with Crippen LogP contribution in [0.5, 0.6) is 5.75 Å². The fourth-order valence-corrected chi connectivity index (χ4v) is 4.66. The summed E-state index contributed by atoms with van der Waals surface area (Å²) in [6.45, 7) is 6.17. The lowest BCUT2D eigenvalue weighted by Gasteiger charge is -2.34. The van der Waals surface area contributed by atoms with Crippen molar-refractivity contribution in [3.63, 3.8) is 0 Å². The zero-order valence-corrected chi connectivity index (χ0v) is 21.3. The Bertz CT molecular complexity index is 1300. The number of carbonyl (C=O) groups excluding carboxylic acids is 3. The summed E-state index contributed by atoms with van der Waals surface area (Å²) in [4.78, 5) is 47.2. The van der Waals surface area contributed by atoms with Gasteiger partial charge in [-0.3, -0.25) is 14.4 Å². The number of ether oxygens (including phenoxy) is 1. The minimum absolute atomic E-state index is 0.0440. The molecule has 4 rings (SSSR count). The highest BCUT2D eigenvalue weighted by atomic mass is 32.1. The summed E-state index contributed by atoms with van der Waals surface area (Å²) >= 11 is 1.09. The van der Waals surface area contributed by atoms with Crippen LogP contribution in [0.4, 0.5) is 21.0 Å². The van der Waals surface area contributed by atoms with Gasteiger partial charge in [-0.15, -0.1) is 0 Å². The number of amides is 2. The van der Waals surface area contributed by atoms with E-state index in [-0.39, 0.29) is 40.4 Å². The van der Waals surface area contributed by atoms with Gasteiger partial charge in [-0.2, -0.15) is 0 Å². The first-order valence-electron chi connectivity index (χ1n) is 11.4. The van der Waals surface area contributed by atoms with E-state index in [0.717, 1.165) is 11.3 Å². The number of hydrogen-bond acceptors (Lipinski definition) is 7. The number of anilines is 3. The molecule has 2 amide bonds. The molecule has 3 aromatic rings. The number of carbonyl (C=O) groups is 3. The molecule has 10 heteroatoms. The van der Waals surface area contributed by atoms with Gasteiger partial charge in [-0.05, 0) is 36.4 Å². The Labute approximate surface area is 212 Å². The summed E-state index contributed by atoms with van der Waals surface area (Å²) in [6, 6.07) is 12.5. The van der Waals surface area contributed by atoms with Gasteiger partial charge in [-0.1, -0.05) is 44.2 Å². The molecule has 36 heavy (non-hydrogen) atoms. The van der Waals surface area contributed by atoms with Crippen molar-refractivity contribution in [3.05, 3.63) is 64.8 Å². The van der Waals surface area contributed by atoms with Gasteiger partial charge in [0.1, 0.15) is 16.4 Å². The number of aromatic nitrogens is 1. The van der Waals surface area contributed by atoms with Gasteiger partial charge in [0.2, 0.25) is 17.6 Å². The zero-order chi connectivity index (χ0) is 26.0. The minimum atomic E-state index is -0.712. The SMILES string of the molecule is COc1ccccc1N1CCN(c2nc(NC(=O)C(C)(C)C)c(C(=O)c3ccc(F)cc3)s2)CC1=O. The molecule has 0 saturated carbocycles. The first-order chi connectivity index (χ1) is 17.1. The van der Waals surface area contributed by atoms with Crippen LogP contribution in [0.15, 0.2) is 48.5 Å². The Balaban J connectivity index is 1.62. The monoisotopic (exact) mass is 510 g/mol. The van der Waals surface area contributed by atoms with Crippen LogP contribution in [0, 0.1) is 11.2 Å². The topological polar surface area (TPSA) is 91.8 Å². The van der Waals surface area contributed by atoms with Gasteiger partial charge in [0.15, 0.2) is 10.9 Å². The predicted molar refractivity (Wildman–Crippen MR) is 138 cm³/mol. The summed E-state index contributed by atoms with van der Waals surface area (Å²) in [6.07, 6.45) is 0. The summed E-state index contributed by atoms with van der Waals surface area (Å²) in [5.74, 6) is -0.555. The molecular weight excluding hydrogens is 483 g/mol. The van der Waals surface area contributed by atoms with Crippen LogP contribution in [0.3, 0.4) is 0 Å². The molecule has 0 aliphatic carbocycles. The van der Waals surface area contributed by atoms with Crippen LogP contribution in [-0.4, -0.2) is 49.3 Å². The molecule has 1 aliphatic rings. The molecule has 0 atom stereocenters. The number of thiazole rings is 1. The number of piperazine rings is 1. The van der Waals surface area contributed by atoms with Gasteiger partial charge in [0.25, 0.3) is 0 Å². The molecule has 1 N–H and O–H groups in total. The fraction of sp³-hybridized carbons (Fsp3) is 0.308. The Kier molecular flexibility index (Phi) is 7.07. The van der Waals surface area contributed by atoms with Gasteiger partial charge in [-0.25, -0.2) is 9.37 Å². The maximum Gasteiger partial charge on any atom is 0.246 e. The molecule has 0 radical (unpaired) electrons. The average molecular weight is 511 g/mol. The predicted octanol–water partition coefficient (Wildman–Crippen LogP) is 4.36. The number of rotatable bonds is 6. The van der Waals surface area contributed by atoms with Crippen LogP contribution in [-0.2, 0) is 9.59 Å². The van der Waals surface area contributed by atoms with Gasteiger partial charge < -0.3 is 19.9 Å². The van der Waals surface area contributed by atoms with E-state index in [4.69, 9.17) is 4.74 Å². The maximum absolute atomic E-state index is 13.4. The summed E-state index contributed by atoms with van der Waals surface area (Å²) in [5.41, 5.74) is 0.250. The number of nitrogens with zero attached hydrogens (tertiary/aromatic N) is 3. The number of hydrogen-bond donors (Lipinski definition) is 1. The Hall–Kier alpha value is -3.79. The largest absolute Gasteiger partial charge is 0.495 e. The van der Waals surface area contributed by atoms with E-state index >= 15 is 0 Å². The van der Waals surface area contributed by atoms with Gasteiger partial charge >= 0.3 is 0 Å². The molecule has 8 nitrogen and oxygen atoms in total. The van der Waals surface area contributed by atoms with Crippen LogP contribution in [0.25, 0.3) is 0 Å². The molecule has 0 bridgehead atoms. The van der Waals surface area contributed by atoms with E-state index in [1.807, 2.05) is 18.2 Å². The normalized spacial score (nSPS) is 14.1. The van der Waals surface area contributed by atoms with E-state index in [1.54, 1.807) is 43.7 Å². The molecule has 0 unspecified atom stereocenters. The Morgan fingerprint density at radius 3 is 2.42 bits per heavy atom. The third-order valence-corrected chi connectivity index (χ3v) is 6.82. The third-order valence-electron chi connectivity index (χ3n) is 5.71. The highest BCUT2D eigenvalue weighted by molar-refractivity contribution is 7.18. The number of benzene rings is 2. The molecule has 0 spiro atoms. The summed E-state index contributed by atoms with van der Waals surface area (Å²) in [7, 11) is 1.56. The van der Waals surface area contributed by atoms with Gasteiger partial charge in [0, 0.05) is 24.1 Å². The van der Waals surface area contributed by atoms with Crippen molar-refractivity contribution in [3.8, 4) is 5.75 Å². The molecule has 2 aromatic carbocycles. The second kappa shape index (κ2) is 10.1. The van der Waals surface area contributed by atoms with E-state index in [2.05, 4.69) is 10.3 Å². The highest BCUT2D eigenvalue weighted by Gasteiger charge is 2.31. The number of halogens is 1. The number of ketones is 1. The van der Waals surface area contributed by atoms with Crippen molar-refractivity contribution in [1.29, 1.82) is 0 Å². The van der Waals surface area contributed by atoms with Crippen molar-refractivity contribution < 1.29 is 23.5 Å². The Morgan fingerprint density at radius 2 is 1.78 bits per heavy atom. The number of methoxy groups -OCH3 is 1. The second-order valence-electron chi connectivity index (χ2n) is 9.35. The first kappa shape index (κ1) is 25.3. The van der Waals surface area contributed by atoms with Crippen LogP contribution in [0.1, 0.15) is 36.0 Å². The lowest BCUT2D eigenvalue weighted by Crippen LogP contribution is -2.50. The second-order valence-corrected chi connectivity index (χ2v) is 10.3. The lowest BCUT2D eigenvalue weighted by atomic mass is 9.96. The van der Waals surface area contributed by atoms with Crippen molar-refractivity contribution >= 4 is 45.6 Å². The molecule has 188 valence electrons. The van der Waals surface area contributed by atoms with Gasteiger partial charge in [0.05, 0.1) is 19.3 Å². The van der Waals surface area contributed by atoms with Crippen LogP contribution >= 0.6 is 11.3 Å². The van der Waals surface area contributed by atoms with Crippen molar-refractivity contribution in [2.75, 3.05) is 41.9 Å². The third kappa shape index (κ3) is 5.23. The maximum atomic E-state index is 13.4. The van der Waals surface area contributed by atoms with Crippen LogP contribution < -0.4 is 19.9 Å². The van der Waals surface area contributed by atoms with E-state index in [0.29, 0.717) is 29.7 Å². The van der Waals surface area contributed by atoms with E-state index in [9.17, 15) is 18.8 Å². The quantitative estimate of drug-likeness (QED) is 0.496. The van der Waals surface area contributed by atoms with Crippen LogP contribution in [0.2, 0.25) is 0 Å². The fourth-order valence-electron chi connectivity index (χ4n) is 3.65. The number of para-hydroxylation sites is 2. The highest BCUT2D eigenvalue weighted by Crippen LogP contribution is 2.35. The van der Waals surface area contributed by atoms with E-state index in [1.165, 1.54) is 24.3 Å². The van der Waals surface area contributed by atoms with E-state index < -0.39 is 11.2 Å². The lowest BCUT2D eigenvalue weighted by molar-refractivity contribution is -0.123. The molecule has 1 saturated heterocycles. The summed E-state index contributed by atoms with van der Waals surface area (Å²) < 4.78 is 18.8. The smallest absolute Gasteiger partial charge is 0.246 e. The minimum Gasteiger partial charge on any atom is -0.495 e. The molecule has 1 aliphatic heterocycles. The Morgan fingerprint density at radius 1 is 1.08 bits per heavy atom. The van der Waals surface area contributed by atoms with Crippen molar-refractivity contribution in [2.45, 2.75) is 20.8 Å². The standard InChI is InChI=1S/C26H27FN4O4S/c1-26(2,3)24(34)28-23-22(21(33)16-9-11-17(27)12-10-16)36-25(29-23)30-13-14-31(20(32)15-30)18-7-5-6-8-19(18)35-4/h5-12H,13-15H2,1-4H3,(H,28,34). The number of nitrogens with one attached hydrogen (secondary N) is 1. The summed E-state index contributed by atoms with van der Waals surface area (Å²) in [5, 5.41) is 3.20. The van der Waals surface area contributed by atoms with Crippen molar-refractivity contribution in [1.82, 2.24) is 4.98 Å². The average Bonchev–Trinajstić information content (AvgIpc) is 3.27. The molecule has 1 fully saturated rings. The molecule has 2 heterocycles. The van der Waals surface area contributed by atoms with Crippen molar-refractivity contribution in [2.24, 2.45) is 5.41 Å². The molecule has 1 aromatic heterocycles. The molecular formula is C26H27FN4O4S. The first-order valence-corrected chi connectivity index (χ1v) is 12.2.